The van der Waals surface area contributed by atoms with Crippen LogP contribution in [0.25, 0.3) is 0 Å². The Hall–Kier alpha value is -0.860. The Bertz CT molecular complexity index is 391. The van der Waals surface area contributed by atoms with Crippen LogP contribution >= 0.6 is 24.2 Å². The summed E-state index contributed by atoms with van der Waals surface area (Å²) >= 11 is 5.90. The Morgan fingerprint density at radius 3 is 3.00 bits per heavy atom. The highest BCUT2D eigenvalue weighted by Crippen LogP contribution is 2.40. The van der Waals surface area contributed by atoms with Gasteiger partial charge in [0.25, 0.3) is 0 Å². The molecule has 0 bridgehead atoms. The number of nitrogens with two attached hydrogens (primary N) is 1. The number of anilines is 2. The Balaban J connectivity index is 2.55. The van der Waals surface area contributed by atoms with Crippen molar-refractivity contribution in [1.29, 1.82) is 5.26 Å². The number of thiophene rings is 1. The second kappa shape index (κ2) is 3.71. The van der Waals surface area contributed by atoms with E-state index in [-0.39, 0.29) is 0 Å². The van der Waals surface area contributed by atoms with Gasteiger partial charge in [0.2, 0.25) is 0 Å². The maximum atomic E-state index is 8.99. The summed E-state index contributed by atoms with van der Waals surface area (Å²) in [5, 5.41) is 9.61. The molecule has 1 aliphatic rings. The van der Waals surface area contributed by atoms with E-state index in [2.05, 4.69) is 18.9 Å². The molecule has 0 unspecified atom stereocenters. The topological polar surface area (TPSA) is 53.1 Å². The van der Waals surface area contributed by atoms with Crippen molar-refractivity contribution in [2.24, 2.45) is 0 Å². The number of nitriles is 1. The maximum absolute atomic E-state index is 8.99. The minimum Gasteiger partial charge on any atom is -0.389 e. The first-order valence-corrected chi connectivity index (χ1v) is 5.73. The lowest BCUT2D eigenvalue weighted by Gasteiger charge is -2.14. The molecule has 0 fully saturated rings. The van der Waals surface area contributed by atoms with Gasteiger partial charge in [0.15, 0.2) is 0 Å². The summed E-state index contributed by atoms with van der Waals surface area (Å²) in [4.78, 5) is 1.20. The molecular weight excluding hydrogens is 214 g/mol. The molecule has 0 amide bonds. The Morgan fingerprint density at radius 2 is 2.29 bits per heavy atom. The quantitative estimate of drug-likeness (QED) is 0.665. The molecule has 1 aromatic heterocycles. The average Bonchev–Trinajstić information content (AvgIpc) is 2.38. The van der Waals surface area contributed by atoms with Crippen molar-refractivity contribution < 1.29 is 0 Å². The van der Waals surface area contributed by atoms with Crippen LogP contribution in [0, 0.1) is 11.3 Å². The molecule has 0 aromatic carbocycles. The van der Waals surface area contributed by atoms with Gasteiger partial charge in [-0.15, -0.1) is 11.3 Å². The lowest BCUT2D eigenvalue weighted by molar-refractivity contribution is 0.778. The van der Waals surface area contributed by atoms with Crippen LogP contribution in [0.1, 0.15) is 23.3 Å². The van der Waals surface area contributed by atoms with E-state index in [1.807, 2.05) is 4.31 Å². The van der Waals surface area contributed by atoms with E-state index in [1.165, 1.54) is 16.2 Å². The first kappa shape index (κ1) is 9.69. The van der Waals surface area contributed by atoms with E-state index in [9.17, 15) is 0 Å². The fourth-order valence-corrected chi connectivity index (χ4v) is 3.19. The molecule has 0 saturated carbocycles. The Labute approximate surface area is 92.7 Å². The van der Waals surface area contributed by atoms with Crippen LogP contribution in [0.5, 0.6) is 0 Å². The molecular formula is C9H11N3S2. The Morgan fingerprint density at radius 1 is 1.50 bits per heavy atom. The molecule has 0 radical (unpaired) electrons. The Kier molecular flexibility index (Phi) is 2.57. The summed E-state index contributed by atoms with van der Waals surface area (Å²) in [5.41, 5.74) is 7.32. The van der Waals surface area contributed by atoms with E-state index in [4.69, 9.17) is 11.0 Å². The average molecular weight is 225 g/mol. The summed E-state index contributed by atoms with van der Waals surface area (Å²) in [6.07, 6.45) is 3.29. The van der Waals surface area contributed by atoms with Crippen LogP contribution in [0.3, 0.4) is 0 Å². The molecule has 0 saturated heterocycles. The van der Waals surface area contributed by atoms with Crippen molar-refractivity contribution in [2.75, 3.05) is 16.6 Å². The predicted molar refractivity (Wildman–Crippen MR) is 62.7 cm³/mol. The summed E-state index contributed by atoms with van der Waals surface area (Å²) in [7, 11) is 0. The number of hydrogen-bond donors (Lipinski definition) is 2. The zero-order valence-electron chi connectivity index (χ0n) is 7.66. The van der Waals surface area contributed by atoms with E-state index >= 15 is 0 Å². The van der Waals surface area contributed by atoms with Crippen molar-refractivity contribution in [3.05, 3.63) is 10.4 Å². The minimum atomic E-state index is 0.599. The van der Waals surface area contributed by atoms with Gasteiger partial charge in [-0.1, -0.05) is 12.8 Å². The summed E-state index contributed by atoms with van der Waals surface area (Å²) in [5.74, 6) is 0. The van der Waals surface area contributed by atoms with Gasteiger partial charge in [-0.25, -0.2) is 0 Å². The van der Waals surface area contributed by atoms with Crippen molar-refractivity contribution in [3.8, 4) is 6.07 Å². The molecule has 5 heteroatoms. The number of nitrogens with zero attached hydrogens (tertiary/aromatic N) is 2. The smallest absolute Gasteiger partial charge is 0.111 e. The highest BCUT2D eigenvalue weighted by atomic mass is 32.1. The van der Waals surface area contributed by atoms with Crippen molar-refractivity contribution in [1.82, 2.24) is 0 Å². The van der Waals surface area contributed by atoms with Gasteiger partial charge in [0, 0.05) is 11.4 Å². The third kappa shape index (κ3) is 1.45. The van der Waals surface area contributed by atoms with Crippen molar-refractivity contribution in [3.63, 3.8) is 0 Å². The molecule has 2 heterocycles. The predicted octanol–water partition coefficient (Wildman–Crippen LogP) is 2.19. The monoisotopic (exact) mass is 225 g/mol. The fourth-order valence-electron chi connectivity index (χ4n) is 1.70. The molecule has 0 spiro atoms. The molecule has 0 aliphatic carbocycles. The molecule has 2 N–H and O–H groups in total. The van der Waals surface area contributed by atoms with Crippen LogP contribution < -0.4 is 10.0 Å². The number of nitrogen functional groups attached to an aromatic ring is 1. The zero-order chi connectivity index (χ0) is 10.1. The number of fused-ring (bicyclic) bond motifs is 1. The summed E-state index contributed by atoms with van der Waals surface area (Å²) < 4.78 is 1.85. The van der Waals surface area contributed by atoms with Crippen molar-refractivity contribution in [2.45, 2.75) is 19.3 Å². The molecule has 0 atom stereocenters. The molecule has 3 nitrogen and oxygen atoms in total. The first-order valence-electron chi connectivity index (χ1n) is 4.51. The van der Waals surface area contributed by atoms with Crippen LogP contribution in [-0.4, -0.2) is 6.54 Å². The molecule has 2 rings (SSSR count). The van der Waals surface area contributed by atoms with Gasteiger partial charge >= 0.3 is 0 Å². The highest BCUT2D eigenvalue weighted by Gasteiger charge is 2.22. The zero-order valence-corrected chi connectivity index (χ0v) is 9.37. The third-order valence-corrected chi connectivity index (χ3v) is 3.84. The minimum absolute atomic E-state index is 0.599. The molecule has 1 aliphatic heterocycles. The first-order chi connectivity index (χ1) is 6.74. The number of aryl methyl sites for hydroxylation is 1. The second-order valence-electron chi connectivity index (χ2n) is 3.31. The van der Waals surface area contributed by atoms with Crippen LogP contribution in [0.15, 0.2) is 0 Å². The van der Waals surface area contributed by atoms with E-state index < -0.39 is 0 Å². The standard InChI is InChI=1S/C9H11N3S2/c10-5-6-8-7(14-9(6)11)3-1-2-4-12(8)13/h13H,1-4,11H2. The van der Waals surface area contributed by atoms with E-state index in [0.29, 0.717) is 10.6 Å². The molecule has 1 aromatic rings. The normalized spacial score (nSPS) is 15.9. The SMILES string of the molecule is N#Cc1c(N)sc2c1N(S)CCCC2. The molecule has 74 valence electrons. The lowest BCUT2D eigenvalue weighted by atomic mass is 10.2. The number of rotatable bonds is 0. The van der Waals surface area contributed by atoms with Gasteiger partial charge in [0.1, 0.15) is 16.6 Å². The highest BCUT2D eigenvalue weighted by molar-refractivity contribution is 7.81. The lowest BCUT2D eigenvalue weighted by Crippen LogP contribution is -2.11. The van der Waals surface area contributed by atoms with Crippen molar-refractivity contribution >= 4 is 34.8 Å². The van der Waals surface area contributed by atoms with E-state index in [0.717, 1.165) is 31.5 Å². The van der Waals surface area contributed by atoms with Gasteiger partial charge in [-0.3, -0.25) is 0 Å². The van der Waals surface area contributed by atoms with Gasteiger partial charge < -0.3 is 10.0 Å². The maximum Gasteiger partial charge on any atom is 0.111 e. The second-order valence-corrected chi connectivity index (χ2v) is 4.92. The number of thiol groups is 1. The van der Waals surface area contributed by atoms with Crippen LogP contribution in [-0.2, 0) is 6.42 Å². The van der Waals surface area contributed by atoms with Gasteiger partial charge in [0.05, 0.1) is 5.69 Å². The summed E-state index contributed by atoms with van der Waals surface area (Å²) in [6, 6.07) is 2.16. The van der Waals surface area contributed by atoms with Gasteiger partial charge in [-0.05, 0) is 19.3 Å². The third-order valence-electron chi connectivity index (χ3n) is 2.37. The number of hydrogen-bond acceptors (Lipinski definition) is 5. The van der Waals surface area contributed by atoms with Gasteiger partial charge in [-0.2, -0.15) is 5.26 Å². The summed E-state index contributed by atoms with van der Waals surface area (Å²) in [6.45, 7) is 0.890. The molecule has 14 heavy (non-hydrogen) atoms. The largest absolute Gasteiger partial charge is 0.389 e. The van der Waals surface area contributed by atoms with E-state index in [1.54, 1.807) is 0 Å². The van der Waals surface area contributed by atoms with Crippen LogP contribution in [0.4, 0.5) is 10.7 Å². The van der Waals surface area contributed by atoms with Crippen LogP contribution in [0.2, 0.25) is 0 Å². The fraction of sp³-hybridized carbons (Fsp3) is 0.444.